The van der Waals surface area contributed by atoms with E-state index in [0.717, 1.165) is 31.7 Å². The summed E-state index contributed by atoms with van der Waals surface area (Å²) in [5.74, 6) is 1.40. The van der Waals surface area contributed by atoms with Crippen LogP contribution in [0.5, 0.6) is 0 Å². The molecule has 1 atom stereocenters. The summed E-state index contributed by atoms with van der Waals surface area (Å²) in [5, 5.41) is 0. The number of hydrogen-bond acceptors (Lipinski definition) is 1. The lowest BCUT2D eigenvalue weighted by atomic mass is 9.80. The van der Waals surface area contributed by atoms with Gasteiger partial charge in [0.05, 0.1) is 0 Å². The van der Waals surface area contributed by atoms with Crippen LogP contribution in [-0.2, 0) is 4.79 Å². The Bertz CT molecular complexity index is 223. The molecule has 0 heterocycles. The Labute approximate surface area is 112 Å². The van der Waals surface area contributed by atoms with Crippen LogP contribution in [0.4, 0.5) is 0 Å². The van der Waals surface area contributed by atoms with Crippen molar-refractivity contribution < 1.29 is 4.79 Å². The van der Waals surface area contributed by atoms with Crippen LogP contribution in [0.1, 0.15) is 53.4 Å². The van der Waals surface area contributed by atoms with E-state index in [1.54, 1.807) is 0 Å². The highest BCUT2D eigenvalue weighted by Crippen LogP contribution is 2.28. The first kappa shape index (κ1) is 16.8. The fourth-order valence-electron chi connectivity index (χ4n) is 1.47. The lowest BCUT2D eigenvalue weighted by Crippen LogP contribution is -2.31. The van der Waals surface area contributed by atoms with Crippen molar-refractivity contribution in [3.05, 3.63) is 0 Å². The zero-order chi connectivity index (χ0) is 13.5. The maximum atomic E-state index is 12.0. The third-order valence-electron chi connectivity index (χ3n) is 3.51. The Morgan fingerprint density at radius 1 is 1.24 bits per heavy atom. The highest BCUT2D eigenvalue weighted by atomic mass is 35.5. The third-order valence-corrected chi connectivity index (χ3v) is 3.78. The molecular weight excluding hydrogens is 234 g/mol. The van der Waals surface area contributed by atoms with Gasteiger partial charge in [0.15, 0.2) is 0 Å². The van der Waals surface area contributed by atoms with Crippen LogP contribution < -0.4 is 0 Å². The number of unbranched alkanes of at least 4 members (excludes halogenated alkanes) is 2. The number of amides is 1. The minimum Gasteiger partial charge on any atom is -0.346 e. The Morgan fingerprint density at radius 3 is 2.29 bits per heavy atom. The molecule has 0 aromatic heterocycles. The molecule has 0 fully saturated rings. The topological polar surface area (TPSA) is 20.3 Å². The standard InChI is InChI=1S/C14H28ClNO/c1-12(14(2,3)4)11-13(17)16(5)10-8-6-7-9-15/h12H,6-11H2,1-5H3. The SMILES string of the molecule is CC(CC(=O)N(C)CCCCCCl)C(C)(C)C. The number of nitrogens with zero attached hydrogens (tertiary/aromatic N) is 1. The minimum atomic E-state index is 0.203. The molecule has 17 heavy (non-hydrogen) atoms. The van der Waals surface area contributed by atoms with Crippen LogP contribution in [0.15, 0.2) is 0 Å². The summed E-state index contributed by atoms with van der Waals surface area (Å²) >= 11 is 5.62. The molecule has 0 radical (unpaired) electrons. The molecule has 3 heteroatoms. The second-order valence-electron chi connectivity index (χ2n) is 6.04. The first-order chi connectivity index (χ1) is 7.79. The fraction of sp³-hybridized carbons (Fsp3) is 0.929. The largest absolute Gasteiger partial charge is 0.346 e. The maximum Gasteiger partial charge on any atom is 0.222 e. The van der Waals surface area contributed by atoms with Crippen molar-refractivity contribution in [2.45, 2.75) is 53.4 Å². The Hall–Kier alpha value is -0.240. The van der Waals surface area contributed by atoms with Crippen LogP contribution >= 0.6 is 11.6 Å². The number of carbonyl (C=O) groups excluding carboxylic acids is 1. The van der Waals surface area contributed by atoms with Crippen molar-refractivity contribution in [2.24, 2.45) is 11.3 Å². The van der Waals surface area contributed by atoms with E-state index in [2.05, 4.69) is 27.7 Å². The van der Waals surface area contributed by atoms with E-state index in [-0.39, 0.29) is 11.3 Å². The summed E-state index contributed by atoms with van der Waals surface area (Å²) in [7, 11) is 1.90. The number of halogens is 1. The van der Waals surface area contributed by atoms with Gasteiger partial charge >= 0.3 is 0 Å². The van der Waals surface area contributed by atoms with Crippen LogP contribution in [0.2, 0.25) is 0 Å². The van der Waals surface area contributed by atoms with Crippen LogP contribution in [0.3, 0.4) is 0 Å². The monoisotopic (exact) mass is 261 g/mol. The van der Waals surface area contributed by atoms with Crippen molar-refractivity contribution in [1.29, 1.82) is 0 Å². The molecule has 1 unspecified atom stereocenters. The van der Waals surface area contributed by atoms with Gasteiger partial charge in [-0.3, -0.25) is 4.79 Å². The van der Waals surface area contributed by atoms with Gasteiger partial charge in [-0.15, -0.1) is 11.6 Å². The summed E-state index contributed by atoms with van der Waals surface area (Å²) in [6, 6.07) is 0. The number of carbonyl (C=O) groups is 1. The van der Waals surface area contributed by atoms with Gasteiger partial charge in [-0.2, -0.15) is 0 Å². The molecule has 0 aromatic rings. The average molecular weight is 262 g/mol. The van der Waals surface area contributed by atoms with Gasteiger partial charge in [-0.25, -0.2) is 0 Å². The predicted molar refractivity (Wildman–Crippen MR) is 75.4 cm³/mol. The van der Waals surface area contributed by atoms with Gasteiger partial charge in [0.1, 0.15) is 0 Å². The molecule has 0 N–H and O–H groups in total. The van der Waals surface area contributed by atoms with E-state index < -0.39 is 0 Å². The zero-order valence-electron chi connectivity index (χ0n) is 12.1. The number of rotatable bonds is 7. The lowest BCUT2D eigenvalue weighted by Gasteiger charge is -2.28. The number of alkyl halides is 1. The molecule has 0 spiro atoms. The molecule has 2 nitrogen and oxygen atoms in total. The van der Waals surface area contributed by atoms with Crippen LogP contribution in [-0.4, -0.2) is 30.3 Å². The zero-order valence-corrected chi connectivity index (χ0v) is 12.8. The second-order valence-corrected chi connectivity index (χ2v) is 6.41. The molecule has 0 saturated heterocycles. The highest BCUT2D eigenvalue weighted by molar-refractivity contribution is 6.17. The van der Waals surface area contributed by atoms with E-state index in [1.165, 1.54) is 0 Å². The van der Waals surface area contributed by atoms with Gasteiger partial charge in [0, 0.05) is 25.9 Å². The van der Waals surface area contributed by atoms with Crippen molar-refractivity contribution in [2.75, 3.05) is 19.5 Å². The second kappa shape index (κ2) is 7.97. The Kier molecular flexibility index (Phi) is 7.85. The predicted octanol–water partition coefficient (Wildman–Crippen LogP) is 3.93. The number of hydrogen-bond donors (Lipinski definition) is 0. The van der Waals surface area contributed by atoms with Crippen molar-refractivity contribution in [1.82, 2.24) is 4.90 Å². The molecule has 0 aliphatic heterocycles. The summed E-state index contributed by atoms with van der Waals surface area (Å²) in [5.41, 5.74) is 0.203. The smallest absolute Gasteiger partial charge is 0.222 e. The molecule has 102 valence electrons. The normalized spacial score (nSPS) is 13.5. The summed E-state index contributed by atoms with van der Waals surface area (Å²) in [6.45, 7) is 9.56. The molecule has 0 rings (SSSR count). The van der Waals surface area contributed by atoms with Gasteiger partial charge in [-0.05, 0) is 24.2 Å². The first-order valence-electron chi connectivity index (χ1n) is 6.59. The summed E-state index contributed by atoms with van der Waals surface area (Å²) in [6.07, 6.45) is 3.85. The van der Waals surface area contributed by atoms with Gasteiger partial charge in [-0.1, -0.05) is 34.1 Å². The van der Waals surface area contributed by atoms with Crippen molar-refractivity contribution >= 4 is 17.5 Å². The van der Waals surface area contributed by atoms with E-state index in [9.17, 15) is 4.79 Å². The third kappa shape index (κ3) is 7.64. The summed E-state index contributed by atoms with van der Waals surface area (Å²) in [4.78, 5) is 13.8. The quantitative estimate of drug-likeness (QED) is 0.502. The van der Waals surface area contributed by atoms with E-state index in [1.807, 2.05) is 11.9 Å². The van der Waals surface area contributed by atoms with Gasteiger partial charge in [0.25, 0.3) is 0 Å². The van der Waals surface area contributed by atoms with Gasteiger partial charge < -0.3 is 4.90 Å². The lowest BCUT2D eigenvalue weighted by molar-refractivity contribution is -0.131. The molecule has 0 aliphatic carbocycles. The van der Waals surface area contributed by atoms with Crippen molar-refractivity contribution in [3.63, 3.8) is 0 Å². The molecule has 0 aromatic carbocycles. The first-order valence-corrected chi connectivity index (χ1v) is 7.12. The Balaban J connectivity index is 3.89. The molecule has 0 bridgehead atoms. The van der Waals surface area contributed by atoms with E-state index in [4.69, 9.17) is 11.6 Å². The maximum absolute atomic E-state index is 12.0. The highest BCUT2D eigenvalue weighted by Gasteiger charge is 2.23. The van der Waals surface area contributed by atoms with E-state index in [0.29, 0.717) is 12.3 Å². The van der Waals surface area contributed by atoms with Crippen LogP contribution in [0.25, 0.3) is 0 Å². The van der Waals surface area contributed by atoms with Crippen LogP contribution in [0, 0.1) is 11.3 Å². The van der Waals surface area contributed by atoms with Gasteiger partial charge in [0.2, 0.25) is 5.91 Å². The molecule has 1 amide bonds. The molecule has 0 aliphatic rings. The Morgan fingerprint density at radius 2 is 1.82 bits per heavy atom. The average Bonchev–Trinajstić information content (AvgIpc) is 2.22. The molecular formula is C14H28ClNO. The minimum absolute atomic E-state index is 0.203. The van der Waals surface area contributed by atoms with E-state index >= 15 is 0 Å². The van der Waals surface area contributed by atoms with Crippen molar-refractivity contribution in [3.8, 4) is 0 Å². The summed E-state index contributed by atoms with van der Waals surface area (Å²) < 4.78 is 0. The fourth-order valence-corrected chi connectivity index (χ4v) is 1.66. The molecule has 0 saturated carbocycles.